The number of carbonyl (C=O) groups is 1. The Bertz CT molecular complexity index is 423. The summed E-state index contributed by atoms with van der Waals surface area (Å²) in [5.41, 5.74) is 0.911. The van der Waals surface area contributed by atoms with E-state index in [0.717, 1.165) is 5.56 Å². The number of ether oxygens (including phenoxy) is 2. The number of hydrogen-bond donors (Lipinski definition) is 0. The lowest BCUT2D eigenvalue weighted by Crippen LogP contribution is -2.10. The van der Waals surface area contributed by atoms with Crippen molar-refractivity contribution in [1.29, 1.82) is 0 Å². The first-order valence-corrected chi connectivity index (χ1v) is 5.28. The highest BCUT2D eigenvalue weighted by molar-refractivity contribution is 14.1. The van der Waals surface area contributed by atoms with Crippen LogP contribution < -0.4 is 9.47 Å². The number of fused-ring (bicyclic) bond motifs is 4. The van der Waals surface area contributed by atoms with Crippen LogP contribution in [0.4, 0.5) is 4.79 Å². The molecule has 0 unspecified atom stereocenters. The summed E-state index contributed by atoms with van der Waals surface area (Å²) in [6, 6.07) is 5.18. The Hall–Kier alpha value is -1.22. The minimum Gasteiger partial charge on any atom is -0.395 e. The molecule has 2 aliphatic heterocycles. The Morgan fingerprint density at radius 2 is 2.00 bits per heavy atom. The highest BCUT2D eigenvalue weighted by atomic mass is 127. The zero-order valence-corrected chi connectivity index (χ0v) is 10.5. The SMILES string of the molecule is CC#CI.Cc1cc2ccc1OC(=O)O2. The second-order valence-electron chi connectivity index (χ2n) is 2.73. The van der Waals surface area contributed by atoms with Crippen LogP contribution in [-0.2, 0) is 0 Å². The van der Waals surface area contributed by atoms with Crippen LogP contribution in [-0.4, -0.2) is 6.16 Å². The quantitative estimate of drug-likeness (QED) is 0.319. The fraction of sp³-hybridized carbons (Fsp3) is 0.182. The third kappa shape index (κ3) is 3.44. The highest BCUT2D eigenvalue weighted by Gasteiger charge is 2.15. The lowest BCUT2D eigenvalue weighted by Gasteiger charge is -1.96. The number of rotatable bonds is 0. The van der Waals surface area contributed by atoms with E-state index in [9.17, 15) is 4.79 Å². The van der Waals surface area contributed by atoms with E-state index in [1.807, 2.05) is 36.4 Å². The van der Waals surface area contributed by atoms with Crippen molar-refractivity contribution in [3.05, 3.63) is 23.8 Å². The zero-order chi connectivity index (χ0) is 11.3. The van der Waals surface area contributed by atoms with E-state index in [1.54, 1.807) is 18.2 Å². The molecule has 3 rings (SSSR count). The molecule has 0 radical (unpaired) electrons. The molecule has 0 spiro atoms. The predicted molar refractivity (Wildman–Crippen MR) is 65.3 cm³/mol. The van der Waals surface area contributed by atoms with Gasteiger partial charge in [-0.1, -0.05) is 5.92 Å². The van der Waals surface area contributed by atoms with E-state index < -0.39 is 6.16 Å². The fourth-order valence-electron chi connectivity index (χ4n) is 1.01. The Labute approximate surface area is 102 Å². The van der Waals surface area contributed by atoms with Crippen LogP contribution in [0.25, 0.3) is 0 Å². The van der Waals surface area contributed by atoms with Crippen molar-refractivity contribution in [1.82, 2.24) is 0 Å². The van der Waals surface area contributed by atoms with E-state index >= 15 is 0 Å². The number of aryl methyl sites for hydroxylation is 1. The molecule has 2 aliphatic rings. The van der Waals surface area contributed by atoms with Crippen molar-refractivity contribution in [2.45, 2.75) is 13.8 Å². The molecule has 0 atom stereocenters. The molecular formula is C11H9IO3. The summed E-state index contributed by atoms with van der Waals surface area (Å²) >= 11 is 1.99. The molecule has 0 aromatic heterocycles. The van der Waals surface area contributed by atoms with E-state index in [1.165, 1.54) is 0 Å². The molecule has 15 heavy (non-hydrogen) atoms. The van der Waals surface area contributed by atoms with Gasteiger partial charge >= 0.3 is 6.16 Å². The molecule has 0 saturated carbocycles. The summed E-state index contributed by atoms with van der Waals surface area (Å²) in [5.74, 6) is 3.77. The van der Waals surface area contributed by atoms with Gasteiger partial charge in [-0.3, -0.25) is 0 Å². The second kappa shape index (κ2) is 5.61. The van der Waals surface area contributed by atoms with Crippen LogP contribution in [0.15, 0.2) is 18.2 Å². The number of benzene rings is 1. The Balaban J connectivity index is 0.000000245. The maximum atomic E-state index is 10.7. The molecule has 0 N–H and O–H groups in total. The van der Waals surface area contributed by atoms with Crippen molar-refractivity contribution in [3.63, 3.8) is 0 Å². The molecule has 78 valence electrons. The Morgan fingerprint density at radius 1 is 1.33 bits per heavy atom. The third-order valence-electron chi connectivity index (χ3n) is 1.64. The maximum absolute atomic E-state index is 10.7. The van der Waals surface area contributed by atoms with Gasteiger partial charge in [0.25, 0.3) is 0 Å². The van der Waals surface area contributed by atoms with Gasteiger partial charge in [0, 0.05) is 22.6 Å². The first-order valence-electron chi connectivity index (χ1n) is 4.20. The smallest absolute Gasteiger partial charge is 0.395 e. The van der Waals surface area contributed by atoms with Gasteiger partial charge in [-0.25, -0.2) is 4.79 Å². The molecule has 3 nitrogen and oxygen atoms in total. The van der Waals surface area contributed by atoms with Gasteiger partial charge < -0.3 is 9.47 Å². The van der Waals surface area contributed by atoms with Crippen molar-refractivity contribution in [2.75, 3.05) is 0 Å². The molecule has 0 saturated heterocycles. The summed E-state index contributed by atoms with van der Waals surface area (Å²) < 4.78 is 12.2. The summed E-state index contributed by atoms with van der Waals surface area (Å²) in [4.78, 5) is 10.7. The van der Waals surface area contributed by atoms with Gasteiger partial charge in [0.2, 0.25) is 0 Å². The summed E-state index contributed by atoms with van der Waals surface area (Å²) in [6.45, 7) is 3.67. The molecule has 0 aliphatic carbocycles. The van der Waals surface area contributed by atoms with Crippen molar-refractivity contribution in [3.8, 4) is 21.3 Å². The van der Waals surface area contributed by atoms with E-state index in [-0.39, 0.29) is 0 Å². The first kappa shape index (κ1) is 11.9. The zero-order valence-electron chi connectivity index (χ0n) is 8.33. The average molecular weight is 316 g/mol. The molecule has 0 amide bonds. The number of halogens is 1. The molecule has 1 aromatic carbocycles. The number of hydrogen-bond acceptors (Lipinski definition) is 3. The second-order valence-corrected chi connectivity index (χ2v) is 3.27. The van der Waals surface area contributed by atoms with Crippen LogP contribution in [0, 0.1) is 16.8 Å². The minimum atomic E-state index is -0.659. The van der Waals surface area contributed by atoms with Gasteiger partial charge in [-0.2, -0.15) is 0 Å². The van der Waals surface area contributed by atoms with Crippen molar-refractivity contribution in [2.24, 2.45) is 0 Å². The van der Waals surface area contributed by atoms with Crippen LogP contribution in [0.5, 0.6) is 11.5 Å². The summed E-state index contributed by atoms with van der Waals surface area (Å²) in [7, 11) is 0. The molecule has 2 bridgehead atoms. The van der Waals surface area contributed by atoms with Crippen LogP contribution >= 0.6 is 22.6 Å². The van der Waals surface area contributed by atoms with E-state index in [0.29, 0.717) is 11.5 Å². The topological polar surface area (TPSA) is 35.5 Å². The maximum Gasteiger partial charge on any atom is 0.519 e. The normalized spacial score (nSPS) is 11.0. The largest absolute Gasteiger partial charge is 0.519 e. The fourth-order valence-corrected chi connectivity index (χ4v) is 1.01. The van der Waals surface area contributed by atoms with Crippen LogP contribution in [0.1, 0.15) is 12.5 Å². The van der Waals surface area contributed by atoms with E-state index in [4.69, 9.17) is 9.47 Å². The van der Waals surface area contributed by atoms with Gasteiger partial charge in [0.1, 0.15) is 11.5 Å². The van der Waals surface area contributed by atoms with E-state index in [2.05, 4.69) is 9.85 Å². The number of carbonyl (C=O) groups excluding carboxylic acids is 1. The first-order chi connectivity index (χ1) is 7.17. The molecule has 1 aromatic rings. The predicted octanol–water partition coefficient (Wildman–Crippen LogP) is 3.29. The van der Waals surface area contributed by atoms with Gasteiger partial charge in [-0.05, 0) is 41.5 Å². The summed E-state index contributed by atoms with van der Waals surface area (Å²) in [6.07, 6.45) is -0.659. The Morgan fingerprint density at radius 3 is 2.53 bits per heavy atom. The third-order valence-corrected chi connectivity index (χ3v) is 2.17. The minimum absolute atomic E-state index is 0.536. The standard InChI is InChI=1S/C8H6O3.C3H3I/c1-5-4-6-2-3-7(5)11-8(9)10-6;1-2-3-4/h2-4H,1H3;1H3. The van der Waals surface area contributed by atoms with Crippen LogP contribution in [0.3, 0.4) is 0 Å². The molecule has 2 heterocycles. The highest BCUT2D eigenvalue weighted by Crippen LogP contribution is 2.27. The lowest BCUT2D eigenvalue weighted by molar-refractivity contribution is 0.154. The van der Waals surface area contributed by atoms with Gasteiger partial charge in [0.05, 0.1) is 0 Å². The lowest BCUT2D eigenvalue weighted by atomic mass is 10.2. The monoisotopic (exact) mass is 316 g/mol. The van der Waals surface area contributed by atoms with Crippen molar-refractivity contribution >= 4 is 28.7 Å². The van der Waals surface area contributed by atoms with Gasteiger partial charge in [0.15, 0.2) is 0 Å². The van der Waals surface area contributed by atoms with Crippen LogP contribution in [0.2, 0.25) is 0 Å². The molecular weight excluding hydrogens is 307 g/mol. The molecule has 4 heteroatoms. The summed E-state index contributed by atoms with van der Waals surface area (Å²) in [5, 5.41) is 0. The average Bonchev–Trinajstić information content (AvgIpc) is 2.47. The van der Waals surface area contributed by atoms with Gasteiger partial charge in [-0.15, -0.1) is 0 Å². The molecule has 0 fully saturated rings. The van der Waals surface area contributed by atoms with Crippen molar-refractivity contribution < 1.29 is 14.3 Å². The Kier molecular flexibility index (Phi) is 4.43.